The van der Waals surface area contributed by atoms with E-state index in [-0.39, 0.29) is 17.2 Å². The number of anilines is 2. The number of carbonyl (C=O) groups excluding carboxylic acids is 4. The summed E-state index contributed by atoms with van der Waals surface area (Å²) in [6.45, 7) is 16.2. The van der Waals surface area contributed by atoms with Gasteiger partial charge in [-0.2, -0.15) is 10.2 Å². The highest BCUT2D eigenvalue weighted by Crippen LogP contribution is 2.22. The molecule has 0 radical (unpaired) electrons. The van der Waals surface area contributed by atoms with Gasteiger partial charge in [0.1, 0.15) is 6.23 Å². The van der Waals surface area contributed by atoms with Crippen LogP contribution in [0, 0.1) is 0 Å². The second-order valence-corrected chi connectivity index (χ2v) is 13.3. The van der Waals surface area contributed by atoms with Crippen LogP contribution in [0.5, 0.6) is 0 Å². The van der Waals surface area contributed by atoms with Crippen LogP contribution < -0.4 is 27.0 Å². The largest absolute Gasteiger partial charge is 0.374 e. The summed E-state index contributed by atoms with van der Waals surface area (Å²) >= 11 is 0. The average Bonchev–Trinajstić information content (AvgIpc) is 3.57. The Hall–Kier alpha value is -5.55. The van der Waals surface area contributed by atoms with Crippen LogP contribution in [-0.2, 0) is 9.59 Å². The average molecular weight is 771 g/mol. The Kier molecular flexibility index (Phi) is 16.6. The highest BCUT2D eigenvalue weighted by atomic mass is 16.3. The molecule has 3 aromatic carbocycles. The van der Waals surface area contributed by atoms with Gasteiger partial charge in [0.05, 0.1) is 16.7 Å². The molecule has 4 aromatic rings. The summed E-state index contributed by atoms with van der Waals surface area (Å²) in [7, 11) is 0. The normalized spacial score (nSPS) is 12.6. The standard InChI is InChI=1S/C40H54N10O6/c1-6-49(7-2)20-10-18-41-36(52)28-22-29(37(53)42-19-11-21-50(8-3)9-4)24-32(23-28)44-38(54)27-12-14-30(15-13-27)47-48-35(26(5)51)39(55)43-31-16-17-33-34(25-31)46-40(56)45-33/h12-17,22-25,35-36,41,52H,6-11,18-21H2,1-5H3,(H,42,53)(H,43,55)(H,44,54)(H2,45,46,56)/b48-47+. The molecule has 0 fully saturated rings. The monoisotopic (exact) mass is 770 g/mol. The van der Waals surface area contributed by atoms with Crippen LogP contribution >= 0.6 is 0 Å². The number of aromatic amines is 2. The number of aliphatic hydroxyl groups is 1. The van der Waals surface area contributed by atoms with E-state index in [1.807, 2.05) is 0 Å². The molecule has 0 bridgehead atoms. The number of nitrogens with one attached hydrogen (secondary N) is 6. The fourth-order valence-corrected chi connectivity index (χ4v) is 6.00. The SMILES string of the molecule is CCN(CC)CCCNC(=O)c1cc(NC(=O)c2ccc(/N=N/C(C(C)=O)C(=O)Nc3ccc4[nH]c(=O)[nH]c4c3)cc2)cc(C(O)NCCCN(CC)CC)c1. The highest BCUT2D eigenvalue weighted by Gasteiger charge is 2.23. The number of carbonyl (C=O) groups is 4. The molecule has 1 heterocycles. The number of ketones is 1. The van der Waals surface area contributed by atoms with E-state index in [4.69, 9.17) is 0 Å². The second kappa shape index (κ2) is 21.5. The summed E-state index contributed by atoms with van der Waals surface area (Å²) in [6, 6.07) is 14.2. The lowest BCUT2D eigenvalue weighted by Crippen LogP contribution is -2.31. The molecule has 1 aromatic heterocycles. The number of nitrogens with zero attached hydrogens (tertiary/aromatic N) is 4. The number of benzene rings is 3. The van der Waals surface area contributed by atoms with E-state index in [0.29, 0.717) is 52.3 Å². The van der Waals surface area contributed by atoms with Crippen LogP contribution in [0.25, 0.3) is 11.0 Å². The minimum absolute atomic E-state index is 0.269. The molecule has 16 nitrogen and oxygen atoms in total. The van der Waals surface area contributed by atoms with Gasteiger partial charge >= 0.3 is 5.69 Å². The molecule has 2 unspecified atom stereocenters. The molecule has 0 aliphatic carbocycles. The number of hydrogen-bond donors (Lipinski definition) is 7. The lowest BCUT2D eigenvalue weighted by molar-refractivity contribution is -0.126. The maximum absolute atomic E-state index is 13.4. The lowest BCUT2D eigenvalue weighted by atomic mass is 10.1. The van der Waals surface area contributed by atoms with E-state index in [2.05, 4.69) is 79.0 Å². The fraction of sp³-hybridized carbons (Fsp3) is 0.425. The first-order valence-electron chi connectivity index (χ1n) is 19.1. The number of aliphatic hydroxyl groups excluding tert-OH is 1. The van der Waals surface area contributed by atoms with Gasteiger partial charge in [-0.3, -0.25) is 24.5 Å². The summed E-state index contributed by atoms with van der Waals surface area (Å²) in [5.41, 5.74) is 2.64. The number of rotatable bonds is 22. The summed E-state index contributed by atoms with van der Waals surface area (Å²) < 4.78 is 0. The first-order chi connectivity index (χ1) is 26.9. The van der Waals surface area contributed by atoms with Gasteiger partial charge in [-0.25, -0.2) is 4.79 Å². The second-order valence-electron chi connectivity index (χ2n) is 13.3. The number of Topliss-reactive ketones (excluding diaryl/α,β-unsaturated/α-hetero) is 1. The van der Waals surface area contributed by atoms with E-state index < -0.39 is 29.9 Å². The number of hydrogen-bond acceptors (Lipinski definition) is 11. The van der Waals surface area contributed by atoms with Crippen LogP contribution in [0.15, 0.2) is 75.7 Å². The molecule has 3 amide bonds. The molecule has 0 aliphatic heterocycles. The molecular formula is C40H54N10O6. The number of imidazole rings is 1. The number of azo groups is 1. The molecule has 4 rings (SSSR count). The highest BCUT2D eigenvalue weighted by molar-refractivity contribution is 6.10. The molecule has 0 saturated heterocycles. The van der Waals surface area contributed by atoms with E-state index in [0.717, 1.165) is 52.1 Å². The first kappa shape index (κ1) is 43.2. The van der Waals surface area contributed by atoms with Crippen LogP contribution in [0.1, 0.15) is 80.0 Å². The number of H-pyrrole nitrogens is 2. The summed E-state index contributed by atoms with van der Waals surface area (Å²) in [5.74, 6) is -2.03. The zero-order chi connectivity index (χ0) is 40.6. The van der Waals surface area contributed by atoms with Crippen LogP contribution in [0.2, 0.25) is 0 Å². The Morgan fingerprint density at radius 2 is 1.38 bits per heavy atom. The fourth-order valence-electron chi connectivity index (χ4n) is 6.00. The minimum Gasteiger partial charge on any atom is -0.374 e. The van der Waals surface area contributed by atoms with Crippen molar-refractivity contribution in [2.24, 2.45) is 10.2 Å². The quantitative estimate of drug-likeness (QED) is 0.0258. The van der Waals surface area contributed by atoms with Gasteiger partial charge in [-0.1, -0.05) is 27.7 Å². The van der Waals surface area contributed by atoms with Crippen molar-refractivity contribution in [2.45, 2.75) is 59.7 Å². The third-order valence-electron chi connectivity index (χ3n) is 9.34. The molecular weight excluding hydrogens is 717 g/mol. The van der Waals surface area contributed by atoms with Crippen LogP contribution in [0.4, 0.5) is 17.1 Å². The van der Waals surface area contributed by atoms with Gasteiger partial charge in [-0.05, 0) is 132 Å². The van der Waals surface area contributed by atoms with E-state index >= 15 is 0 Å². The van der Waals surface area contributed by atoms with Crippen molar-refractivity contribution in [3.8, 4) is 0 Å². The summed E-state index contributed by atoms with van der Waals surface area (Å²) in [4.78, 5) is 73.2. The smallest absolute Gasteiger partial charge is 0.323 e. The van der Waals surface area contributed by atoms with Crippen molar-refractivity contribution in [2.75, 3.05) is 63.0 Å². The van der Waals surface area contributed by atoms with Gasteiger partial charge in [0.15, 0.2) is 5.78 Å². The van der Waals surface area contributed by atoms with E-state index in [1.165, 1.54) is 31.2 Å². The summed E-state index contributed by atoms with van der Waals surface area (Å²) in [6.07, 6.45) is 0.528. The Morgan fingerprint density at radius 3 is 2.02 bits per heavy atom. The van der Waals surface area contributed by atoms with Crippen molar-refractivity contribution >= 4 is 51.6 Å². The molecule has 56 heavy (non-hydrogen) atoms. The first-order valence-corrected chi connectivity index (χ1v) is 19.1. The zero-order valence-electron chi connectivity index (χ0n) is 32.8. The lowest BCUT2D eigenvalue weighted by Gasteiger charge is -2.20. The molecule has 7 N–H and O–H groups in total. The van der Waals surface area contributed by atoms with Gasteiger partial charge in [-0.15, -0.1) is 0 Å². The van der Waals surface area contributed by atoms with Crippen molar-refractivity contribution in [1.82, 2.24) is 30.4 Å². The number of aromatic nitrogens is 2. The minimum atomic E-state index is -1.44. The molecule has 2 atom stereocenters. The predicted molar refractivity (Wildman–Crippen MR) is 217 cm³/mol. The van der Waals surface area contributed by atoms with Crippen molar-refractivity contribution in [3.63, 3.8) is 0 Å². The number of amides is 3. The predicted octanol–water partition coefficient (Wildman–Crippen LogP) is 4.56. The van der Waals surface area contributed by atoms with Crippen molar-refractivity contribution in [3.05, 3.63) is 87.8 Å². The molecule has 0 spiro atoms. The Balaban J connectivity index is 1.43. The zero-order valence-corrected chi connectivity index (χ0v) is 32.8. The maximum Gasteiger partial charge on any atom is 0.323 e. The van der Waals surface area contributed by atoms with E-state index in [9.17, 15) is 29.1 Å². The van der Waals surface area contributed by atoms with Crippen molar-refractivity contribution < 1.29 is 24.3 Å². The van der Waals surface area contributed by atoms with Gasteiger partial charge in [0.2, 0.25) is 6.04 Å². The van der Waals surface area contributed by atoms with Crippen molar-refractivity contribution in [1.29, 1.82) is 0 Å². The number of fused-ring (bicyclic) bond motifs is 1. The summed E-state index contributed by atoms with van der Waals surface area (Å²) in [5, 5.41) is 30.6. The maximum atomic E-state index is 13.4. The molecule has 300 valence electrons. The Labute approximate surface area is 326 Å². The topological polar surface area (TPSA) is 216 Å². The van der Waals surface area contributed by atoms with Crippen LogP contribution in [-0.4, -0.2) is 107 Å². The van der Waals surface area contributed by atoms with Gasteiger partial charge in [0.25, 0.3) is 17.7 Å². The van der Waals surface area contributed by atoms with Gasteiger partial charge < -0.3 is 40.8 Å². The molecule has 0 aliphatic rings. The molecule has 0 saturated carbocycles. The Morgan fingerprint density at radius 1 is 0.732 bits per heavy atom. The third kappa shape index (κ3) is 12.8. The third-order valence-corrected chi connectivity index (χ3v) is 9.34. The van der Waals surface area contributed by atoms with Gasteiger partial charge in [0, 0.05) is 29.0 Å². The van der Waals surface area contributed by atoms with E-state index in [1.54, 1.807) is 36.4 Å². The molecule has 16 heteroatoms. The van der Waals surface area contributed by atoms with Crippen LogP contribution in [0.3, 0.4) is 0 Å². The Bertz CT molecular complexity index is 2020.